The maximum Gasteiger partial charge on any atom is 0.268 e. The number of nitrogens with zero attached hydrogens (tertiary/aromatic N) is 4. The van der Waals surface area contributed by atoms with E-state index in [2.05, 4.69) is 29.2 Å². The maximum atomic E-state index is 13.5. The third-order valence-electron chi connectivity index (χ3n) is 5.51. The topological polar surface area (TPSA) is 68.2 Å². The zero-order valence-electron chi connectivity index (χ0n) is 21.2. The molecule has 35 heavy (non-hydrogen) atoms. The van der Waals surface area contributed by atoms with E-state index in [-0.39, 0.29) is 11.7 Å². The molecular weight excluding hydrogens is 458 g/mol. The first-order valence-electron chi connectivity index (χ1n) is 11.9. The number of Topliss-reactive ketones (excluding diaryl/α,β-unsaturated/α-hetero) is 1. The Labute approximate surface area is 212 Å². The zero-order valence-corrected chi connectivity index (χ0v) is 22.1. The first-order chi connectivity index (χ1) is 16.8. The van der Waals surface area contributed by atoms with E-state index in [9.17, 15) is 9.59 Å². The number of carbonyl (C=O) groups excluding carboxylic acids is 2. The van der Waals surface area contributed by atoms with Crippen LogP contribution in [0.25, 0.3) is 0 Å². The number of amidine groups is 1. The molecule has 1 N–H and O–H groups in total. The molecule has 0 saturated carbocycles. The van der Waals surface area contributed by atoms with Crippen LogP contribution in [-0.4, -0.2) is 72.3 Å². The van der Waals surface area contributed by atoms with Crippen molar-refractivity contribution in [3.63, 3.8) is 0 Å². The van der Waals surface area contributed by atoms with Crippen molar-refractivity contribution in [1.29, 1.82) is 0 Å². The van der Waals surface area contributed by atoms with Crippen molar-refractivity contribution in [3.8, 4) is 0 Å². The van der Waals surface area contributed by atoms with E-state index in [0.29, 0.717) is 27.9 Å². The summed E-state index contributed by atoms with van der Waals surface area (Å²) in [6.45, 7) is 6.54. The van der Waals surface area contributed by atoms with Gasteiger partial charge in [0.2, 0.25) is 0 Å². The summed E-state index contributed by atoms with van der Waals surface area (Å²) in [5, 5.41) is 3.91. The second kappa shape index (κ2) is 12.6. The number of hydrogen-bond acceptors (Lipinski definition) is 7. The molecule has 2 aromatic carbocycles. The summed E-state index contributed by atoms with van der Waals surface area (Å²) in [5.74, 6) is -0.0875. The predicted octanol–water partition coefficient (Wildman–Crippen LogP) is 4.81. The molecule has 1 fully saturated rings. The maximum absolute atomic E-state index is 13.5. The largest absolute Gasteiger partial charge is 0.384 e. The SMILES string of the molecule is CCNc1ccc(C(C)=O)cc1N=C1SC(=CN(C)CCCN(C)C)C(=O)N1Cc1ccccc1. The fraction of sp³-hybridized carbons (Fsp3) is 0.370. The highest BCUT2D eigenvalue weighted by Crippen LogP contribution is 2.36. The Morgan fingerprint density at radius 1 is 1.11 bits per heavy atom. The minimum atomic E-state index is -0.0650. The van der Waals surface area contributed by atoms with Gasteiger partial charge in [0.1, 0.15) is 0 Å². The van der Waals surface area contributed by atoms with Gasteiger partial charge in [-0.2, -0.15) is 0 Å². The molecule has 0 aromatic heterocycles. The van der Waals surface area contributed by atoms with Gasteiger partial charge in [0.25, 0.3) is 5.91 Å². The van der Waals surface area contributed by atoms with Gasteiger partial charge in [-0.25, -0.2) is 4.99 Å². The summed E-state index contributed by atoms with van der Waals surface area (Å²) in [6, 6.07) is 15.4. The third-order valence-corrected chi connectivity index (χ3v) is 6.51. The van der Waals surface area contributed by atoms with E-state index >= 15 is 0 Å². The van der Waals surface area contributed by atoms with Crippen LogP contribution in [0.5, 0.6) is 0 Å². The van der Waals surface area contributed by atoms with Crippen molar-refractivity contribution in [2.24, 2.45) is 4.99 Å². The molecule has 0 spiro atoms. The Morgan fingerprint density at radius 3 is 2.51 bits per heavy atom. The molecule has 7 nitrogen and oxygen atoms in total. The molecule has 0 bridgehead atoms. The van der Waals surface area contributed by atoms with Crippen LogP contribution in [0, 0.1) is 0 Å². The van der Waals surface area contributed by atoms with Crippen LogP contribution >= 0.6 is 11.8 Å². The van der Waals surface area contributed by atoms with Gasteiger partial charge < -0.3 is 15.1 Å². The number of ketones is 1. The number of nitrogens with one attached hydrogen (secondary N) is 1. The monoisotopic (exact) mass is 493 g/mol. The van der Waals surface area contributed by atoms with Crippen molar-refractivity contribution in [1.82, 2.24) is 14.7 Å². The van der Waals surface area contributed by atoms with E-state index < -0.39 is 0 Å². The highest BCUT2D eigenvalue weighted by Gasteiger charge is 2.34. The molecule has 186 valence electrons. The van der Waals surface area contributed by atoms with Crippen molar-refractivity contribution in [2.45, 2.75) is 26.8 Å². The van der Waals surface area contributed by atoms with Crippen molar-refractivity contribution in [2.75, 3.05) is 46.1 Å². The minimum Gasteiger partial charge on any atom is -0.384 e. The number of amides is 1. The molecule has 8 heteroatoms. The van der Waals surface area contributed by atoms with E-state index in [1.165, 1.54) is 11.8 Å². The van der Waals surface area contributed by atoms with Gasteiger partial charge >= 0.3 is 0 Å². The van der Waals surface area contributed by atoms with E-state index in [1.807, 2.05) is 56.6 Å². The van der Waals surface area contributed by atoms with Gasteiger partial charge in [0, 0.05) is 31.9 Å². The molecule has 1 amide bonds. The fourth-order valence-electron chi connectivity index (χ4n) is 3.67. The van der Waals surface area contributed by atoms with Crippen LogP contribution in [0.3, 0.4) is 0 Å². The van der Waals surface area contributed by atoms with E-state index in [1.54, 1.807) is 24.0 Å². The van der Waals surface area contributed by atoms with Crippen LogP contribution in [-0.2, 0) is 11.3 Å². The number of anilines is 1. The first-order valence-corrected chi connectivity index (χ1v) is 12.7. The van der Waals surface area contributed by atoms with Crippen molar-refractivity contribution >= 4 is 40.0 Å². The quantitative estimate of drug-likeness (QED) is 0.358. The molecule has 1 aliphatic rings. The molecular formula is C27H35N5O2S. The van der Waals surface area contributed by atoms with Gasteiger partial charge in [0.15, 0.2) is 11.0 Å². The molecule has 0 radical (unpaired) electrons. The molecule has 3 rings (SSSR count). The summed E-state index contributed by atoms with van der Waals surface area (Å²) in [5.41, 5.74) is 3.09. The summed E-state index contributed by atoms with van der Waals surface area (Å²) in [4.78, 5) is 36.9. The van der Waals surface area contributed by atoms with Gasteiger partial charge in [-0.1, -0.05) is 30.3 Å². The lowest BCUT2D eigenvalue weighted by Gasteiger charge is -2.17. The molecule has 1 aliphatic heterocycles. The third kappa shape index (κ3) is 7.44. The lowest BCUT2D eigenvalue weighted by atomic mass is 10.1. The highest BCUT2D eigenvalue weighted by molar-refractivity contribution is 8.18. The number of hydrogen-bond donors (Lipinski definition) is 1. The molecule has 1 saturated heterocycles. The zero-order chi connectivity index (χ0) is 25.4. The molecule has 0 aliphatic carbocycles. The summed E-state index contributed by atoms with van der Waals surface area (Å²) in [6.07, 6.45) is 2.92. The van der Waals surface area contributed by atoms with Crippen molar-refractivity contribution < 1.29 is 9.59 Å². The van der Waals surface area contributed by atoms with Crippen LogP contribution in [0.1, 0.15) is 36.2 Å². The average molecular weight is 494 g/mol. The molecule has 1 heterocycles. The predicted molar refractivity (Wildman–Crippen MR) is 146 cm³/mol. The molecule has 0 unspecified atom stereocenters. The highest BCUT2D eigenvalue weighted by atomic mass is 32.2. The lowest BCUT2D eigenvalue weighted by molar-refractivity contribution is -0.122. The van der Waals surface area contributed by atoms with Gasteiger partial charge in [0.05, 0.1) is 22.8 Å². The molecule has 0 atom stereocenters. The summed E-state index contributed by atoms with van der Waals surface area (Å²) >= 11 is 1.37. The number of benzene rings is 2. The van der Waals surface area contributed by atoms with Crippen LogP contribution < -0.4 is 5.32 Å². The first kappa shape index (κ1) is 26.5. The number of thioether (sulfide) groups is 1. The number of rotatable bonds is 11. The number of carbonyl (C=O) groups is 2. The average Bonchev–Trinajstić information content (AvgIpc) is 3.09. The summed E-state index contributed by atoms with van der Waals surface area (Å²) in [7, 11) is 6.11. The molecule has 2 aromatic rings. The summed E-state index contributed by atoms with van der Waals surface area (Å²) < 4.78 is 0. The fourth-order valence-corrected chi connectivity index (χ4v) is 4.70. The van der Waals surface area contributed by atoms with Crippen molar-refractivity contribution in [3.05, 3.63) is 70.8 Å². The Morgan fingerprint density at radius 2 is 1.86 bits per heavy atom. The Bertz CT molecular complexity index is 1100. The smallest absolute Gasteiger partial charge is 0.268 e. The normalized spacial score (nSPS) is 15.9. The Hall–Kier alpha value is -3.10. The van der Waals surface area contributed by atoms with Gasteiger partial charge in [-0.15, -0.1) is 0 Å². The Kier molecular flexibility index (Phi) is 9.51. The lowest BCUT2D eigenvalue weighted by Crippen LogP contribution is -2.29. The minimum absolute atomic E-state index is 0.0225. The second-order valence-electron chi connectivity index (χ2n) is 8.82. The van der Waals surface area contributed by atoms with Crippen LogP contribution in [0.2, 0.25) is 0 Å². The van der Waals surface area contributed by atoms with Gasteiger partial charge in [-0.05, 0) is 76.4 Å². The Balaban J connectivity index is 1.96. The van der Waals surface area contributed by atoms with Crippen LogP contribution in [0.15, 0.2) is 64.6 Å². The van der Waals surface area contributed by atoms with Crippen LogP contribution in [0.4, 0.5) is 11.4 Å². The van der Waals surface area contributed by atoms with E-state index in [0.717, 1.165) is 37.3 Å². The van der Waals surface area contributed by atoms with Gasteiger partial charge in [-0.3, -0.25) is 14.5 Å². The second-order valence-corrected chi connectivity index (χ2v) is 9.83. The standard InChI is InChI=1S/C27H35N5O2S/c1-6-28-23-14-13-22(20(2)33)17-24(23)29-27-32(18-21-11-8-7-9-12-21)26(34)25(35-27)19-31(5)16-10-15-30(3)4/h7-9,11-14,17,19,28H,6,10,15-16,18H2,1-5H3. The van der Waals surface area contributed by atoms with E-state index in [4.69, 9.17) is 4.99 Å². The number of aliphatic imine (C=N–C) groups is 1.